The number of aliphatic carboxylic acids is 1. The molecule has 1 aromatic heterocycles. The molecular formula is C13H17N3O3. The Hall–Kier alpha value is -2.11. The van der Waals surface area contributed by atoms with Crippen LogP contribution in [0.4, 0.5) is 0 Å². The van der Waals surface area contributed by atoms with Gasteiger partial charge in [-0.25, -0.2) is 0 Å². The molecule has 1 unspecified atom stereocenters. The average molecular weight is 263 g/mol. The fourth-order valence-corrected chi connectivity index (χ4v) is 2.34. The number of hydrogen-bond acceptors (Lipinski definition) is 3. The van der Waals surface area contributed by atoms with Gasteiger partial charge in [-0.3, -0.25) is 14.3 Å². The number of likely N-dealkylation sites (tertiary alicyclic amines) is 1. The van der Waals surface area contributed by atoms with E-state index in [1.807, 2.05) is 6.07 Å². The Morgan fingerprint density at radius 1 is 1.58 bits per heavy atom. The van der Waals surface area contributed by atoms with Gasteiger partial charge in [0.15, 0.2) is 0 Å². The molecule has 1 aliphatic rings. The van der Waals surface area contributed by atoms with E-state index in [9.17, 15) is 9.59 Å². The highest BCUT2D eigenvalue weighted by Gasteiger charge is 2.29. The van der Waals surface area contributed by atoms with Crippen molar-refractivity contribution in [3.05, 3.63) is 24.0 Å². The predicted octanol–water partition coefficient (Wildman–Crippen LogP) is 0.899. The minimum Gasteiger partial charge on any atom is -0.481 e. The van der Waals surface area contributed by atoms with Crippen LogP contribution in [-0.4, -0.2) is 44.3 Å². The minimum absolute atomic E-state index is 0.0191. The van der Waals surface area contributed by atoms with Gasteiger partial charge in [-0.05, 0) is 25.0 Å². The molecule has 6 heteroatoms. The molecule has 1 N–H and O–H groups in total. The number of carboxylic acids is 1. The number of carbonyl (C=O) groups is 2. The van der Waals surface area contributed by atoms with E-state index >= 15 is 0 Å². The van der Waals surface area contributed by atoms with Gasteiger partial charge in [0.05, 0.1) is 12.1 Å². The molecule has 0 radical (unpaired) electrons. The summed E-state index contributed by atoms with van der Waals surface area (Å²) in [5.74, 6) is -0.995. The molecule has 1 aromatic rings. The topological polar surface area (TPSA) is 75.4 Å². The van der Waals surface area contributed by atoms with Crippen molar-refractivity contribution >= 4 is 18.0 Å². The molecule has 0 aromatic carbocycles. The number of amides is 1. The Morgan fingerprint density at radius 3 is 3.00 bits per heavy atom. The fourth-order valence-electron chi connectivity index (χ4n) is 2.34. The lowest BCUT2D eigenvalue weighted by molar-refractivity contribution is -0.139. The Labute approximate surface area is 111 Å². The lowest BCUT2D eigenvalue weighted by atomic mass is 10.1. The molecule has 0 spiro atoms. The summed E-state index contributed by atoms with van der Waals surface area (Å²) in [4.78, 5) is 24.4. The van der Waals surface area contributed by atoms with Crippen molar-refractivity contribution in [3.63, 3.8) is 0 Å². The van der Waals surface area contributed by atoms with Gasteiger partial charge in [0.1, 0.15) is 0 Å². The highest BCUT2D eigenvalue weighted by Crippen LogP contribution is 2.20. The van der Waals surface area contributed by atoms with Crippen LogP contribution in [0.25, 0.3) is 6.08 Å². The van der Waals surface area contributed by atoms with Crippen LogP contribution in [0.1, 0.15) is 25.0 Å². The number of carbonyl (C=O) groups excluding carboxylic acids is 1. The third kappa shape index (κ3) is 3.21. The third-order valence-corrected chi connectivity index (χ3v) is 3.33. The molecule has 0 saturated carbocycles. The second-order valence-electron chi connectivity index (χ2n) is 4.64. The Balaban J connectivity index is 2.01. The molecule has 19 heavy (non-hydrogen) atoms. The van der Waals surface area contributed by atoms with E-state index in [2.05, 4.69) is 5.10 Å². The lowest BCUT2D eigenvalue weighted by Gasteiger charge is -2.21. The lowest BCUT2D eigenvalue weighted by Crippen LogP contribution is -2.35. The monoisotopic (exact) mass is 263 g/mol. The summed E-state index contributed by atoms with van der Waals surface area (Å²) in [7, 11) is 1.80. The first kappa shape index (κ1) is 13.3. The summed E-state index contributed by atoms with van der Waals surface area (Å²) < 4.78 is 1.67. The second-order valence-corrected chi connectivity index (χ2v) is 4.64. The maximum Gasteiger partial charge on any atom is 0.305 e. The zero-order chi connectivity index (χ0) is 13.8. The minimum atomic E-state index is -0.861. The Bertz CT molecular complexity index is 507. The van der Waals surface area contributed by atoms with Crippen LogP contribution in [0.3, 0.4) is 0 Å². The standard InChI is InChI=1S/C13H17N3O3/c1-15-10(6-7-14-15)4-5-12(17)16-8-2-3-11(16)9-13(18)19/h4-7,11H,2-3,8-9H2,1H3,(H,18,19). The van der Waals surface area contributed by atoms with E-state index in [1.165, 1.54) is 6.08 Å². The van der Waals surface area contributed by atoms with Crippen LogP contribution < -0.4 is 0 Å². The summed E-state index contributed by atoms with van der Waals surface area (Å²) in [6.07, 6.45) is 6.49. The van der Waals surface area contributed by atoms with E-state index in [0.717, 1.165) is 18.5 Å². The normalized spacial score (nSPS) is 19.2. The number of aryl methyl sites for hydroxylation is 1. The SMILES string of the molecule is Cn1nccc1C=CC(=O)N1CCCC1CC(=O)O. The summed E-state index contributed by atoms with van der Waals surface area (Å²) in [5, 5.41) is 12.8. The van der Waals surface area contributed by atoms with E-state index in [0.29, 0.717) is 6.54 Å². The predicted molar refractivity (Wildman–Crippen MR) is 69.2 cm³/mol. The van der Waals surface area contributed by atoms with Gasteiger partial charge in [-0.1, -0.05) is 0 Å². The van der Waals surface area contributed by atoms with Crippen molar-refractivity contribution < 1.29 is 14.7 Å². The van der Waals surface area contributed by atoms with Gasteiger partial charge in [0, 0.05) is 31.9 Å². The van der Waals surface area contributed by atoms with Gasteiger partial charge in [-0.15, -0.1) is 0 Å². The number of rotatable bonds is 4. The van der Waals surface area contributed by atoms with Crippen molar-refractivity contribution in [3.8, 4) is 0 Å². The molecule has 2 rings (SSSR count). The number of hydrogen-bond donors (Lipinski definition) is 1. The molecule has 0 bridgehead atoms. The summed E-state index contributed by atoms with van der Waals surface area (Å²) in [6, 6.07) is 1.63. The highest BCUT2D eigenvalue weighted by atomic mass is 16.4. The first-order valence-electron chi connectivity index (χ1n) is 6.26. The summed E-state index contributed by atoms with van der Waals surface area (Å²) in [5.41, 5.74) is 0.835. The molecular weight excluding hydrogens is 246 g/mol. The van der Waals surface area contributed by atoms with Gasteiger partial charge in [0.2, 0.25) is 5.91 Å². The first-order valence-corrected chi connectivity index (χ1v) is 6.26. The van der Waals surface area contributed by atoms with Crippen molar-refractivity contribution in [2.75, 3.05) is 6.54 Å². The van der Waals surface area contributed by atoms with Gasteiger partial charge < -0.3 is 10.0 Å². The van der Waals surface area contributed by atoms with Crippen LogP contribution in [0, 0.1) is 0 Å². The molecule has 102 valence electrons. The second kappa shape index (κ2) is 5.69. The van der Waals surface area contributed by atoms with Crippen LogP contribution in [0.5, 0.6) is 0 Å². The van der Waals surface area contributed by atoms with Crippen molar-refractivity contribution in [2.24, 2.45) is 7.05 Å². The summed E-state index contributed by atoms with van der Waals surface area (Å²) in [6.45, 7) is 0.631. The van der Waals surface area contributed by atoms with Crippen molar-refractivity contribution in [1.29, 1.82) is 0 Å². The van der Waals surface area contributed by atoms with Gasteiger partial charge in [0.25, 0.3) is 0 Å². The van der Waals surface area contributed by atoms with Gasteiger partial charge in [-0.2, -0.15) is 5.10 Å². The summed E-state index contributed by atoms with van der Waals surface area (Å²) >= 11 is 0. The number of carboxylic acid groups (broad SMARTS) is 1. The Morgan fingerprint density at radius 2 is 2.37 bits per heavy atom. The molecule has 1 aliphatic heterocycles. The third-order valence-electron chi connectivity index (χ3n) is 3.33. The molecule has 1 atom stereocenters. The quantitative estimate of drug-likeness (QED) is 0.819. The van der Waals surface area contributed by atoms with Crippen molar-refractivity contribution in [1.82, 2.24) is 14.7 Å². The molecule has 2 heterocycles. The van der Waals surface area contributed by atoms with Crippen LogP contribution in [0.15, 0.2) is 18.3 Å². The zero-order valence-corrected chi connectivity index (χ0v) is 10.8. The smallest absolute Gasteiger partial charge is 0.305 e. The van der Waals surface area contributed by atoms with Crippen molar-refractivity contribution in [2.45, 2.75) is 25.3 Å². The van der Waals surface area contributed by atoms with Crippen LogP contribution in [-0.2, 0) is 16.6 Å². The molecule has 1 amide bonds. The maximum atomic E-state index is 12.1. The molecule has 6 nitrogen and oxygen atoms in total. The Kier molecular flexibility index (Phi) is 3.99. The fraction of sp³-hybridized carbons (Fsp3) is 0.462. The largest absolute Gasteiger partial charge is 0.481 e. The molecule has 1 fully saturated rings. The van der Waals surface area contributed by atoms with E-state index < -0.39 is 5.97 Å². The zero-order valence-electron chi connectivity index (χ0n) is 10.8. The van der Waals surface area contributed by atoms with Gasteiger partial charge >= 0.3 is 5.97 Å². The van der Waals surface area contributed by atoms with Crippen LogP contribution >= 0.6 is 0 Å². The van der Waals surface area contributed by atoms with E-state index in [1.54, 1.807) is 28.9 Å². The van der Waals surface area contributed by atoms with E-state index in [4.69, 9.17) is 5.11 Å². The van der Waals surface area contributed by atoms with E-state index in [-0.39, 0.29) is 18.4 Å². The highest BCUT2D eigenvalue weighted by molar-refractivity contribution is 5.92. The number of nitrogens with zero attached hydrogens (tertiary/aromatic N) is 3. The first-order chi connectivity index (χ1) is 9.08. The van der Waals surface area contributed by atoms with Crippen LogP contribution in [0.2, 0.25) is 0 Å². The average Bonchev–Trinajstić information content (AvgIpc) is 2.95. The molecule has 0 aliphatic carbocycles. The number of aromatic nitrogens is 2. The molecule has 1 saturated heterocycles. The maximum absolute atomic E-state index is 12.1.